The Morgan fingerprint density at radius 1 is 0.167 bits per heavy atom. The van der Waals surface area contributed by atoms with E-state index in [1.807, 2.05) is 18.6 Å². The zero-order valence-corrected chi connectivity index (χ0v) is 61.1. The fourth-order valence-corrected chi connectivity index (χ4v) is 15.9. The molecule has 0 saturated carbocycles. The number of benzene rings is 13. The zero-order valence-electron chi connectivity index (χ0n) is 56.4. The van der Waals surface area contributed by atoms with E-state index in [0.29, 0.717) is 0 Å². The second kappa shape index (κ2) is 28.8. The summed E-state index contributed by atoms with van der Waals surface area (Å²) in [5.74, 6) is 0. The third-order valence-corrected chi connectivity index (χ3v) is 21.5. The van der Waals surface area contributed by atoms with Gasteiger partial charge in [-0.1, -0.05) is 303 Å². The lowest BCUT2D eigenvalue weighted by molar-refractivity contribution is 1.28. The molecule has 0 aliphatic rings. The van der Waals surface area contributed by atoms with Crippen LogP contribution < -0.4 is 0 Å². The monoisotopic (exact) mass is 1500 g/mol. The Kier molecular flexibility index (Phi) is 18.4. The molecule has 102 heavy (non-hydrogen) atoms. The van der Waals surface area contributed by atoms with E-state index in [4.69, 9.17) is 15.0 Å². The van der Waals surface area contributed by atoms with E-state index in [-0.39, 0.29) is 0 Å². The number of nitrogens with zero attached hydrogens (tertiary/aromatic N) is 3. The van der Waals surface area contributed by atoms with Crippen LogP contribution in [0.5, 0.6) is 0 Å². The van der Waals surface area contributed by atoms with Crippen LogP contribution in [0.3, 0.4) is 0 Å². The average Bonchev–Trinajstić information content (AvgIpc) is 0.755. The number of pyridine rings is 3. The second-order valence-corrected chi connectivity index (χ2v) is 28.6. The topological polar surface area (TPSA) is 38.7 Å². The molecule has 16 aromatic rings. The molecule has 0 amide bonds. The summed E-state index contributed by atoms with van der Waals surface area (Å²) in [6.07, 6.45) is 6.02. The van der Waals surface area contributed by atoms with Gasteiger partial charge in [0.1, 0.15) is 0 Å². The third-order valence-electron chi connectivity index (χ3n) is 19.5. The standard InChI is InChI=1S/C96H66Br3N3/c1-61-46-94(100-58-88(61)67-28-16-7-17-29-67)73-37-43-82(91(97)55-73)85-52-70(64-22-10-4-11-23-64)34-40-79(85)76-49-77(80-41-35-71(65-24-12-5-13-25-65)53-86(80)83-44-38-74(56-92(83)98)95-47-62(2)89(59-101-95)68-30-18-8-19-31-68)51-78(50-76)81-42-36-72(66-26-14-6-15-27-66)54-87(81)84-45-39-75(57-93(84)99)96-48-63(3)90(60-102-96)69-32-20-9-21-33-69/h4-60H,1-3H3. The minimum Gasteiger partial charge on any atom is -0.256 e. The minimum absolute atomic E-state index is 0.911. The first-order chi connectivity index (χ1) is 50.0. The molecule has 0 atom stereocenters. The second-order valence-electron chi connectivity index (χ2n) is 26.0. The van der Waals surface area contributed by atoms with E-state index in [0.717, 1.165) is 181 Å². The predicted octanol–water partition coefficient (Wildman–Crippen LogP) is 28.1. The molecule has 3 nitrogen and oxygen atoms in total. The molecule has 6 heteroatoms. The van der Waals surface area contributed by atoms with Gasteiger partial charge in [0.15, 0.2) is 0 Å². The highest BCUT2D eigenvalue weighted by molar-refractivity contribution is 9.11. The Labute approximate surface area is 622 Å². The number of rotatable bonds is 15. The highest BCUT2D eigenvalue weighted by Crippen LogP contribution is 2.49. The molecule has 3 heterocycles. The Bertz CT molecular complexity index is 5220. The van der Waals surface area contributed by atoms with E-state index >= 15 is 0 Å². The first-order valence-corrected chi connectivity index (χ1v) is 36.6. The largest absolute Gasteiger partial charge is 0.256 e. The first-order valence-electron chi connectivity index (χ1n) is 34.2. The lowest BCUT2D eigenvalue weighted by Crippen LogP contribution is -1.95. The van der Waals surface area contributed by atoms with E-state index in [2.05, 4.69) is 396 Å². The molecule has 0 unspecified atom stereocenters. The molecule has 16 rings (SSSR count). The Balaban J connectivity index is 0.901. The van der Waals surface area contributed by atoms with Crippen LogP contribution in [0.25, 0.3) is 167 Å². The summed E-state index contributed by atoms with van der Waals surface area (Å²) < 4.78 is 2.88. The van der Waals surface area contributed by atoms with Gasteiger partial charge in [0.05, 0.1) is 17.1 Å². The van der Waals surface area contributed by atoms with Crippen molar-refractivity contribution < 1.29 is 0 Å². The van der Waals surface area contributed by atoms with Gasteiger partial charge >= 0.3 is 0 Å². The van der Waals surface area contributed by atoms with Crippen molar-refractivity contribution in [1.29, 1.82) is 0 Å². The van der Waals surface area contributed by atoms with Gasteiger partial charge in [-0.05, 0) is 227 Å². The van der Waals surface area contributed by atoms with Crippen molar-refractivity contribution >= 4 is 47.8 Å². The van der Waals surface area contributed by atoms with Crippen LogP contribution >= 0.6 is 47.8 Å². The van der Waals surface area contributed by atoms with Crippen molar-refractivity contribution in [2.45, 2.75) is 20.8 Å². The highest BCUT2D eigenvalue weighted by atomic mass is 79.9. The number of hydrogen-bond acceptors (Lipinski definition) is 3. The zero-order chi connectivity index (χ0) is 69.2. The summed E-state index contributed by atoms with van der Waals surface area (Å²) in [4.78, 5) is 15.2. The lowest BCUT2D eigenvalue weighted by atomic mass is 9.84. The van der Waals surface area contributed by atoms with Gasteiger partial charge in [-0.3, -0.25) is 15.0 Å². The molecule has 0 aliphatic heterocycles. The normalized spacial score (nSPS) is 11.2. The van der Waals surface area contributed by atoms with Crippen LogP contribution in [0.2, 0.25) is 0 Å². The maximum Gasteiger partial charge on any atom is 0.0705 e. The molecule has 0 fully saturated rings. The van der Waals surface area contributed by atoms with Crippen LogP contribution in [0.1, 0.15) is 16.7 Å². The quantitative estimate of drug-likeness (QED) is 0.103. The Morgan fingerprint density at radius 2 is 0.392 bits per heavy atom. The van der Waals surface area contributed by atoms with Gasteiger partial charge in [-0.2, -0.15) is 0 Å². The van der Waals surface area contributed by atoms with Gasteiger partial charge in [0.25, 0.3) is 0 Å². The number of hydrogen-bond donors (Lipinski definition) is 0. The van der Waals surface area contributed by atoms with Crippen molar-refractivity contribution in [2.24, 2.45) is 0 Å². The SMILES string of the molecule is Cc1cc(-c2ccc(-c3cc(-c4ccccc4)ccc3-c3cc(-c4ccc(-c5ccccc5)cc4-c4ccc(-c5cc(C)c(-c6ccccc6)cn5)cc4Br)cc(-c4ccc(-c5ccccc5)cc4-c4ccc(-c5cc(C)c(-c6ccccc6)cn5)cc4Br)c3)c(Br)c2)ncc1-c1ccccc1. The van der Waals surface area contributed by atoms with Crippen LogP contribution in [0.15, 0.2) is 360 Å². The average molecular weight is 1500 g/mol. The summed E-state index contributed by atoms with van der Waals surface area (Å²) in [7, 11) is 0. The molecular formula is C96H66Br3N3. The van der Waals surface area contributed by atoms with E-state index in [1.165, 1.54) is 16.7 Å². The maximum absolute atomic E-state index is 5.07. The highest BCUT2D eigenvalue weighted by Gasteiger charge is 2.23. The summed E-state index contributed by atoms with van der Waals surface area (Å²) in [6, 6.07) is 118. The van der Waals surface area contributed by atoms with E-state index < -0.39 is 0 Å². The van der Waals surface area contributed by atoms with Crippen LogP contribution in [-0.4, -0.2) is 15.0 Å². The van der Waals surface area contributed by atoms with Crippen molar-refractivity contribution in [2.75, 3.05) is 0 Å². The number of halogens is 3. The van der Waals surface area contributed by atoms with Gasteiger partial charge in [-0.25, -0.2) is 0 Å². The van der Waals surface area contributed by atoms with Gasteiger partial charge in [0, 0.05) is 65.4 Å². The van der Waals surface area contributed by atoms with E-state index in [1.54, 1.807) is 0 Å². The number of aryl methyl sites for hydroxylation is 3. The van der Waals surface area contributed by atoms with Gasteiger partial charge < -0.3 is 0 Å². The van der Waals surface area contributed by atoms with Crippen LogP contribution in [0, 0.1) is 20.8 Å². The van der Waals surface area contributed by atoms with Gasteiger partial charge in [0.2, 0.25) is 0 Å². The number of aromatic nitrogens is 3. The summed E-state index contributed by atoms with van der Waals surface area (Å²) in [6.45, 7) is 6.51. The predicted molar refractivity (Wildman–Crippen MR) is 439 cm³/mol. The molecule has 0 saturated heterocycles. The molecule has 3 aromatic heterocycles. The molecule has 13 aromatic carbocycles. The Morgan fingerprint density at radius 3 is 0.627 bits per heavy atom. The third kappa shape index (κ3) is 13.4. The summed E-state index contributed by atoms with van der Waals surface area (Å²) in [5, 5.41) is 0. The molecule has 0 radical (unpaired) electrons. The van der Waals surface area contributed by atoms with Crippen molar-refractivity contribution in [3.8, 4) is 167 Å². The first kappa shape index (κ1) is 65.4. The maximum atomic E-state index is 5.07. The molecule has 0 N–H and O–H groups in total. The van der Waals surface area contributed by atoms with Crippen molar-refractivity contribution in [3.05, 3.63) is 376 Å². The van der Waals surface area contributed by atoms with Crippen molar-refractivity contribution in [3.63, 3.8) is 0 Å². The minimum atomic E-state index is 0.911. The summed E-state index contributed by atoms with van der Waals surface area (Å²) >= 11 is 12.6. The van der Waals surface area contributed by atoms with Gasteiger partial charge in [-0.15, -0.1) is 0 Å². The smallest absolute Gasteiger partial charge is 0.0705 e. The van der Waals surface area contributed by atoms with E-state index in [9.17, 15) is 0 Å². The fraction of sp³-hybridized carbons (Fsp3) is 0.0312. The molecule has 0 aliphatic carbocycles. The fourth-order valence-electron chi connectivity index (χ4n) is 14.2. The van der Waals surface area contributed by atoms with Crippen molar-refractivity contribution in [1.82, 2.24) is 15.0 Å². The van der Waals surface area contributed by atoms with Crippen LogP contribution in [0.4, 0.5) is 0 Å². The molecule has 0 spiro atoms. The molecular weight excluding hydrogens is 1430 g/mol. The molecule has 486 valence electrons. The Hall–Kier alpha value is -11.3. The van der Waals surface area contributed by atoms with Crippen LogP contribution in [-0.2, 0) is 0 Å². The summed E-state index contributed by atoms with van der Waals surface area (Å²) in [5.41, 5.74) is 35.7. The lowest BCUT2D eigenvalue weighted by Gasteiger charge is -2.21. The molecule has 0 bridgehead atoms.